The molecule has 0 aromatic heterocycles. The lowest BCUT2D eigenvalue weighted by Crippen LogP contribution is -2.04. The predicted octanol–water partition coefficient (Wildman–Crippen LogP) is 1.69. The van der Waals surface area contributed by atoms with Gasteiger partial charge in [0.2, 0.25) is 0 Å². The highest BCUT2D eigenvalue weighted by molar-refractivity contribution is 5.16. The van der Waals surface area contributed by atoms with Crippen LogP contribution in [0.25, 0.3) is 0 Å². The molecule has 0 heterocycles. The molecule has 2 N–H and O–H groups in total. The van der Waals surface area contributed by atoms with Crippen LogP contribution in [0.15, 0.2) is 24.3 Å². The zero-order valence-electron chi connectivity index (χ0n) is 7.50. The molecule has 0 aliphatic heterocycles. The molecule has 0 aliphatic carbocycles. The Bertz CT molecular complexity index is 252. The first kappa shape index (κ1) is 10.2. The SMILES string of the molecule is NCCCOCc1ccccc1F. The molecule has 2 nitrogen and oxygen atoms in total. The molecule has 0 amide bonds. The number of nitrogens with two attached hydrogens (primary N) is 1. The molecule has 0 atom stereocenters. The van der Waals surface area contributed by atoms with Crippen molar-refractivity contribution in [2.24, 2.45) is 5.73 Å². The largest absolute Gasteiger partial charge is 0.377 e. The summed E-state index contributed by atoms with van der Waals surface area (Å²) in [5.74, 6) is -0.213. The van der Waals surface area contributed by atoms with Crippen LogP contribution in [0.4, 0.5) is 4.39 Å². The van der Waals surface area contributed by atoms with E-state index in [1.165, 1.54) is 6.07 Å². The van der Waals surface area contributed by atoms with Gasteiger partial charge in [-0.3, -0.25) is 0 Å². The Labute approximate surface area is 77.5 Å². The topological polar surface area (TPSA) is 35.2 Å². The summed E-state index contributed by atoms with van der Waals surface area (Å²) in [4.78, 5) is 0. The number of ether oxygens (including phenoxy) is 1. The van der Waals surface area contributed by atoms with Crippen LogP contribution in [0.5, 0.6) is 0 Å². The van der Waals surface area contributed by atoms with Gasteiger partial charge in [0.1, 0.15) is 5.82 Å². The van der Waals surface area contributed by atoms with Crippen molar-refractivity contribution >= 4 is 0 Å². The lowest BCUT2D eigenvalue weighted by atomic mass is 10.2. The molecule has 0 unspecified atom stereocenters. The molecule has 13 heavy (non-hydrogen) atoms. The summed E-state index contributed by atoms with van der Waals surface area (Å²) in [5, 5.41) is 0. The summed E-state index contributed by atoms with van der Waals surface area (Å²) >= 11 is 0. The molecule has 0 saturated carbocycles. The fourth-order valence-corrected chi connectivity index (χ4v) is 0.983. The third kappa shape index (κ3) is 3.53. The molecule has 1 rings (SSSR count). The van der Waals surface area contributed by atoms with Gasteiger partial charge < -0.3 is 10.5 Å². The molecule has 0 radical (unpaired) electrons. The van der Waals surface area contributed by atoms with Gasteiger partial charge in [-0.15, -0.1) is 0 Å². The van der Waals surface area contributed by atoms with Crippen molar-refractivity contribution < 1.29 is 9.13 Å². The number of rotatable bonds is 5. The van der Waals surface area contributed by atoms with E-state index in [9.17, 15) is 4.39 Å². The van der Waals surface area contributed by atoms with Crippen LogP contribution >= 0.6 is 0 Å². The highest BCUT2D eigenvalue weighted by Crippen LogP contribution is 2.07. The predicted molar refractivity (Wildman–Crippen MR) is 49.7 cm³/mol. The van der Waals surface area contributed by atoms with Crippen LogP contribution in [0.2, 0.25) is 0 Å². The van der Waals surface area contributed by atoms with Crippen molar-refractivity contribution in [1.82, 2.24) is 0 Å². The molecule has 0 spiro atoms. The van der Waals surface area contributed by atoms with E-state index in [1.54, 1.807) is 18.2 Å². The third-order valence-corrected chi connectivity index (χ3v) is 1.71. The maximum Gasteiger partial charge on any atom is 0.128 e. The van der Waals surface area contributed by atoms with Gasteiger partial charge in [0, 0.05) is 12.2 Å². The Morgan fingerprint density at radius 1 is 1.31 bits per heavy atom. The van der Waals surface area contributed by atoms with E-state index in [2.05, 4.69) is 0 Å². The molecule has 72 valence electrons. The van der Waals surface area contributed by atoms with Crippen LogP contribution in [0, 0.1) is 5.82 Å². The van der Waals surface area contributed by atoms with Gasteiger partial charge in [-0.2, -0.15) is 0 Å². The zero-order valence-corrected chi connectivity index (χ0v) is 7.50. The molecule has 3 heteroatoms. The molecule has 0 saturated heterocycles. The van der Waals surface area contributed by atoms with Crippen molar-refractivity contribution in [3.05, 3.63) is 35.6 Å². The summed E-state index contributed by atoms with van der Waals surface area (Å²) in [6.45, 7) is 1.52. The smallest absolute Gasteiger partial charge is 0.128 e. The Kier molecular flexibility index (Phi) is 4.43. The van der Waals surface area contributed by atoms with E-state index in [4.69, 9.17) is 10.5 Å². The Balaban J connectivity index is 2.32. The molecule has 1 aromatic carbocycles. The lowest BCUT2D eigenvalue weighted by Gasteiger charge is -2.03. The summed E-state index contributed by atoms with van der Waals surface area (Å²) in [7, 11) is 0. The van der Waals surface area contributed by atoms with Crippen LogP contribution in [0.1, 0.15) is 12.0 Å². The minimum Gasteiger partial charge on any atom is -0.377 e. The maximum absolute atomic E-state index is 13.0. The summed E-state index contributed by atoms with van der Waals surface area (Å²) in [5.41, 5.74) is 5.88. The van der Waals surface area contributed by atoms with Crippen molar-refractivity contribution in [1.29, 1.82) is 0 Å². The second-order valence-electron chi connectivity index (χ2n) is 2.79. The van der Waals surface area contributed by atoms with Crippen LogP contribution < -0.4 is 5.73 Å². The highest BCUT2D eigenvalue weighted by atomic mass is 19.1. The number of halogens is 1. The van der Waals surface area contributed by atoms with Gasteiger partial charge in [0.25, 0.3) is 0 Å². The van der Waals surface area contributed by atoms with Crippen molar-refractivity contribution in [2.45, 2.75) is 13.0 Å². The molecule has 0 bridgehead atoms. The summed E-state index contributed by atoms with van der Waals surface area (Å²) < 4.78 is 18.2. The molecular weight excluding hydrogens is 169 g/mol. The van der Waals surface area contributed by atoms with Gasteiger partial charge >= 0.3 is 0 Å². The first-order valence-electron chi connectivity index (χ1n) is 4.36. The van der Waals surface area contributed by atoms with Crippen LogP contribution in [0.3, 0.4) is 0 Å². The average molecular weight is 183 g/mol. The second-order valence-corrected chi connectivity index (χ2v) is 2.79. The number of benzene rings is 1. The maximum atomic E-state index is 13.0. The first-order valence-corrected chi connectivity index (χ1v) is 4.36. The van der Waals surface area contributed by atoms with Gasteiger partial charge in [-0.1, -0.05) is 18.2 Å². The molecule has 0 aliphatic rings. The minimum atomic E-state index is -0.213. The van der Waals surface area contributed by atoms with Crippen molar-refractivity contribution in [2.75, 3.05) is 13.2 Å². The van der Waals surface area contributed by atoms with Crippen LogP contribution in [-0.2, 0) is 11.3 Å². The zero-order chi connectivity index (χ0) is 9.52. The van der Waals surface area contributed by atoms with E-state index in [0.29, 0.717) is 25.3 Å². The second kappa shape index (κ2) is 5.67. The standard InChI is InChI=1S/C10H14FNO/c11-10-5-2-1-4-9(10)8-13-7-3-6-12/h1-2,4-5H,3,6-8,12H2. The van der Waals surface area contributed by atoms with Crippen molar-refractivity contribution in [3.8, 4) is 0 Å². The van der Waals surface area contributed by atoms with E-state index in [1.807, 2.05) is 0 Å². The Morgan fingerprint density at radius 3 is 2.77 bits per heavy atom. The fraction of sp³-hybridized carbons (Fsp3) is 0.400. The number of hydrogen-bond acceptors (Lipinski definition) is 2. The van der Waals surface area contributed by atoms with E-state index in [0.717, 1.165) is 6.42 Å². The molecule has 1 aromatic rings. The van der Waals surface area contributed by atoms with Gasteiger partial charge in [-0.25, -0.2) is 4.39 Å². The normalized spacial score (nSPS) is 10.3. The molecular formula is C10H14FNO. The summed E-state index contributed by atoms with van der Waals surface area (Å²) in [6, 6.07) is 6.61. The van der Waals surface area contributed by atoms with E-state index < -0.39 is 0 Å². The van der Waals surface area contributed by atoms with Gasteiger partial charge in [0.15, 0.2) is 0 Å². The van der Waals surface area contributed by atoms with Gasteiger partial charge in [0.05, 0.1) is 6.61 Å². The lowest BCUT2D eigenvalue weighted by molar-refractivity contribution is 0.117. The van der Waals surface area contributed by atoms with E-state index in [-0.39, 0.29) is 5.82 Å². The van der Waals surface area contributed by atoms with Crippen LogP contribution in [-0.4, -0.2) is 13.2 Å². The fourth-order valence-electron chi connectivity index (χ4n) is 0.983. The van der Waals surface area contributed by atoms with Gasteiger partial charge in [-0.05, 0) is 19.0 Å². The average Bonchev–Trinajstić information content (AvgIpc) is 2.15. The Morgan fingerprint density at radius 2 is 2.08 bits per heavy atom. The quantitative estimate of drug-likeness (QED) is 0.705. The number of hydrogen-bond donors (Lipinski definition) is 1. The monoisotopic (exact) mass is 183 g/mol. The Hall–Kier alpha value is -0.930. The van der Waals surface area contributed by atoms with E-state index >= 15 is 0 Å². The minimum absolute atomic E-state index is 0.213. The summed E-state index contributed by atoms with van der Waals surface area (Å²) in [6.07, 6.45) is 0.814. The highest BCUT2D eigenvalue weighted by Gasteiger charge is 1.99. The third-order valence-electron chi connectivity index (χ3n) is 1.71. The molecule has 0 fully saturated rings. The van der Waals surface area contributed by atoms with Crippen molar-refractivity contribution in [3.63, 3.8) is 0 Å². The first-order chi connectivity index (χ1) is 6.34.